The maximum atomic E-state index is 2.43. The molecular formula is C32H52N2+2. The Bertz CT molecular complexity index is 704. The lowest BCUT2D eigenvalue weighted by Crippen LogP contribution is -2.33. The predicted octanol–water partition coefficient (Wildman–Crippen LogP) is 8.08. The highest BCUT2D eigenvalue weighted by Crippen LogP contribution is 2.13. The Morgan fingerprint density at radius 1 is 0.382 bits per heavy atom. The molecule has 2 aromatic heterocycles. The molecule has 0 amide bonds. The summed E-state index contributed by atoms with van der Waals surface area (Å²) >= 11 is 0. The zero-order valence-electron chi connectivity index (χ0n) is 22.1. The molecule has 4 bridgehead atoms. The molecule has 2 aromatic rings. The van der Waals surface area contributed by atoms with Crippen molar-refractivity contribution in [1.29, 1.82) is 0 Å². The van der Waals surface area contributed by atoms with Crippen LogP contribution in [0, 0.1) is 0 Å². The van der Waals surface area contributed by atoms with Crippen molar-refractivity contribution in [1.82, 2.24) is 0 Å². The second-order valence-electron chi connectivity index (χ2n) is 10.8. The first-order chi connectivity index (χ1) is 16.9. The number of nitrogens with zero attached hydrogens (tertiary/aromatic N) is 2. The molecule has 1 aliphatic heterocycles. The molecule has 0 N–H and O–H groups in total. The van der Waals surface area contributed by atoms with E-state index in [1.54, 1.807) is 0 Å². The molecule has 34 heavy (non-hydrogen) atoms. The first-order valence-corrected chi connectivity index (χ1v) is 14.9. The van der Waals surface area contributed by atoms with Crippen molar-refractivity contribution in [2.75, 3.05) is 0 Å². The normalized spacial score (nSPS) is 19.5. The molecule has 1 aliphatic rings. The van der Waals surface area contributed by atoms with Crippen LogP contribution in [0.3, 0.4) is 0 Å². The number of hydrogen-bond donors (Lipinski definition) is 0. The molecule has 3 heterocycles. The fraction of sp³-hybridized carbons (Fsp3) is 0.688. The van der Waals surface area contributed by atoms with Crippen molar-refractivity contribution in [2.45, 2.75) is 142 Å². The van der Waals surface area contributed by atoms with E-state index >= 15 is 0 Å². The van der Waals surface area contributed by atoms with Gasteiger partial charge in [0.05, 0.1) is 0 Å². The van der Waals surface area contributed by atoms with Crippen LogP contribution in [0.5, 0.6) is 0 Å². The number of fused-ring (bicyclic) bond motifs is 4. The molecule has 0 saturated carbocycles. The van der Waals surface area contributed by atoms with Gasteiger partial charge in [-0.05, 0) is 50.7 Å². The average molecular weight is 465 g/mol. The Morgan fingerprint density at radius 3 is 1.09 bits per heavy atom. The lowest BCUT2D eigenvalue weighted by atomic mass is 10.0. The van der Waals surface area contributed by atoms with Crippen LogP contribution < -0.4 is 9.13 Å². The molecule has 0 aliphatic carbocycles. The summed E-state index contributed by atoms with van der Waals surface area (Å²) in [5.74, 6) is 0. The molecule has 2 nitrogen and oxygen atoms in total. The van der Waals surface area contributed by atoms with Gasteiger partial charge in [-0.1, -0.05) is 77.0 Å². The summed E-state index contributed by atoms with van der Waals surface area (Å²) < 4.78 is 4.86. The van der Waals surface area contributed by atoms with E-state index in [0.717, 1.165) is 0 Å². The molecule has 0 aromatic carbocycles. The molecule has 0 atom stereocenters. The second-order valence-corrected chi connectivity index (χ2v) is 10.8. The van der Waals surface area contributed by atoms with Gasteiger partial charge in [-0.2, -0.15) is 0 Å². The van der Waals surface area contributed by atoms with Crippen LogP contribution in [0.15, 0.2) is 49.1 Å². The van der Waals surface area contributed by atoms with Gasteiger partial charge in [0, 0.05) is 36.1 Å². The zero-order chi connectivity index (χ0) is 23.5. The van der Waals surface area contributed by atoms with E-state index in [2.05, 4.69) is 58.2 Å². The number of aryl methyl sites for hydroxylation is 4. The fourth-order valence-electron chi connectivity index (χ4n) is 5.45. The summed E-state index contributed by atoms with van der Waals surface area (Å²) in [5.41, 5.74) is 3.05. The molecule has 0 saturated heterocycles. The first-order valence-electron chi connectivity index (χ1n) is 14.9. The van der Waals surface area contributed by atoms with Gasteiger partial charge in [-0.15, -0.1) is 0 Å². The molecular weight excluding hydrogens is 412 g/mol. The highest BCUT2D eigenvalue weighted by molar-refractivity contribution is 5.05. The van der Waals surface area contributed by atoms with Crippen molar-refractivity contribution < 1.29 is 9.13 Å². The maximum absolute atomic E-state index is 2.43. The van der Waals surface area contributed by atoms with E-state index in [4.69, 9.17) is 0 Å². The van der Waals surface area contributed by atoms with Crippen molar-refractivity contribution in [3.05, 3.63) is 60.2 Å². The Labute approximate surface area is 210 Å². The summed E-state index contributed by atoms with van der Waals surface area (Å²) in [7, 11) is 0. The van der Waals surface area contributed by atoms with Crippen LogP contribution in [-0.4, -0.2) is 0 Å². The Hall–Kier alpha value is -1.70. The lowest BCUT2D eigenvalue weighted by Gasteiger charge is -2.05. The first kappa shape index (κ1) is 26.9. The van der Waals surface area contributed by atoms with E-state index in [1.807, 2.05) is 0 Å². The average Bonchev–Trinajstić information content (AvgIpc) is 2.86. The van der Waals surface area contributed by atoms with E-state index < -0.39 is 0 Å². The number of pyridine rings is 2. The SMILES string of the molecule is c1cc2c[n+](c1)CCCCCCCCCCCCc1ccc[n+](c1)CCCCCCCCCC2. The van der Waals surface area contributed by atoms with Crippen molar-refractivity contribution in [3.8, 4) is 0 Å². The van der Waals surface area contributed by atoms with E-state index in [1.165, 1.54) is 153 Å². The number of aromatic nitrogens is 2. The van der Waals surface area contributed by atoms with Crippen LogP contribution in [-0.2, 0) is 25.9 Å². The fourth-order valence-corrected chi connectivity index (χ4v) is 5.45. The summed E-state index contributed by atoms with van der Waals surface area (Å²) in [6.45, 7) is 2.38. The predicted molar refractivity (Wildman–Crippen MR) is 144 cm³/mol. The van der Waals surface area contributed by atoms with E-state index in [-0.39, 0.29) is 0 Å². The van der Waals surface area contributed by atoms with Gasteiger partial charge >= 0.3 is 0 Å². The maximum Gasteiger partial charge on any atom is 0.171 e. The molecule has 0 spiro atoms. The molecule has 2 heteroatoms. The highest BCUT2D eigenvalue weighted by Gasteiger charge is 2.05. The van der Waals surface area contributed by atoms with Crippen molar-refractivity contribution in [2.24, 2.45) is 0 Å². The molecule has 188 valence electrons. The van der Waals surface area contributed by atoms with Gasteiger partial charge in [0.15, 0.2) is 24.8 Å². The van der Waals surface area contributed by atoms with E-state index in [9.17, 15) is 0 Å². The van der Waals surface area contributed by atoms with Crippen molar-refractivity contribution in [3.63, 3.8) is 0 Å². The summed E-state index contributed by atoms with van der Waals surface area (Å²) in [4.78, 5) is 0. The second kappa shape index (κ2) is 17.7. The van der Waals surface area contributed by atoms with Crippen LogP contribution in [0.25, 0.3) is 0 Å². The smallest absolute Gasteiger partial charge is 0.171 e. The lowest BCUT2D eigenvalue weighted by molar-refractivity contribution is -0.697. The van der Waals surface area contributed by atoms with Gasteiger partial charge < -0.3 is 0 Å². The summed E-state index contributed by atoms with van der Waals surface area (Å²) in [6.07, 6.45) is 36.9. The van der Waals surface area contributed by atoms with Crippen molar-refractivity contribution >= 4 is 0 Å². The van der Waals surface area contributed by atoms with Crippen LogP contribution in [0.2, 0.25) is 0 Å². The van der Waals surface area contributed by atoms with Gasteiger partial charge in [-0.25, -0.2) is 9.13 Å². The zero-order valence-corrected chi connectivity index (χ0v) is 22.1. The highest BCUT2D eigenvalue weighted by atomic mass is 14.9. The van der Waals surface area contributed by atoms with Gasteiger partial charge in [0.1, 0.15) is 13.1 Å². The molecule has 0 radical (unpaired) electrons. The number of rotatable bonds is 0. The standard InChI is InChI=1S/C32H52N2/c1-2-5-9-13-17-25-33-27-20-24-32(30-33)22-16-12-8-4-6-10-14-18-26-34-28-19-23-31(29-34)21-15-11-7-3-1/h19-20,23-24,27-30H,1-18,21-22,25-26H2/q+2. The minimum atomic E-state index is 1.19. The Balaban J connectivity index is 1.39. The van der Waals surface area contributed by atoms with Crippen LogP contribution >= 0.6 is 0 Å². The third-order valence-corrected chi connectivity index (χ3v) is 7.60. The molecule has 3 rings (SSSR count). The quantitative estimate of drug-likeness (QED) is 0.348. The largest absolute Gasteiger partial charge is 0.205 e. The van der Waals surface area contributed by atoms with Gasteiger partial charge in [0.25, 0.3) is 0 Å². The third kappa shape index (κ3) is 12.1. The summed E-state index contributed by atoms with van der Waals surface area (Å²) in [6, 6.07) is 9.15. The van der Waals surface area contributed by atoms with E-state index in [0.29, 0.717) is 0 Å². The van der Waals surface area contributed by atoms with Crippen LogP contribution in [0.1, 0.15) is 127 Å². The van der Waals surface area contributed by atoms with Gasteiger partial charge in [-0.3, -0.25) is 0 Å². The Morgan fingerprint density at radius 2 is 0.706 bits per heavy atom. The summed E-state index contributed by atoms with van der Waals surface area (Å²) in [5, 5.41) is 0. The van der Waals surface area contributed by atoms with Crippen LogP contribution in [0.4, 0.5) is 0 Å². The molecule has 0 unspecified atom stereocenters. The number of hydrogen-bond acceptors (Lipinski definition) is 0. The third-order valence-electron chi connectivity index (χ3n) is 7.60. The molecule has 0 fully saturated rings. The van der Waals surface area contributed by atoms with Gasteiger partial charge in [0.2, 0.25) is 0 Å². The minimum Gasteiger partial charge on any atom is -0.205 e. The topological polar surface area (TPSA) is 7.76 Å². The Kier molecular flexibility index (Phi) is 14.0. The minimum absolute atomic E-state index is 1.19. The monoisotopic (exact) mass is 464 g/mol.